The van der Waals surface area contributed by atoms with E-state index >= 15 is 0 Å². The largest absolute Gasteiger partial charge is 0.573 e. The second kappa shape index (κ2) is 8.85. The maximum absolute atomic E-state index is 12.1. The maximum Gasteiger partial charge on any atom is 0.573 e. The minimum Gasteiger partial charge on any atom is -0.480 e. The molecule has 26 heavy (non-hydrogen) atoms. The van der Waals surface area contributed by atoms with E-state index in [0.29, 0.717) is 6.42 Å². The number of alkyl halides is 3. The third-order valence-electron chi connectivity index (χ3n) is 2.95. The Morgan fingerprint density at radius 3 is 2.27 bits per heavy atom. The van der Waals surface area contributed by atoms with Gasteiger partial charge in [0.05, 0.1) is 11.4 Å². The number of rotatable bonds is 9. The van der Waals surface area contributed by atoms with E-state index in [2.05, 4.69) is 4.74 Å². The van der Waals surface area contributed by atoms with Crippen LogP contribution in [0, 0.1) is 0 Å². The molecule has 0 heterocycles. The lowest BCUT2D eigenvalue weighted by Gasteiger charge is -2.20. The number of carbonyl (C=O) groups is 2. The quantitative estimate of drug-likeness (QED) is 0.646. The Morgan fingerprint density at radius 2 is 1.81 bits per heavy atom. The zero-order valence-corrected chi connectivity index (χ0v) is 14.4. The van der Waals surface area contributed by atoms with Gasteiger partial charge in [-0.3, -0.25) is 9.59 Å². The lowest BCUT2D eigenvalue weighted by Crippen LogP contribution is -2.42. The van der Waals surface area contributed by atoms with E-state index in [-0.39, 0.29) is 11.4 Å². The maximum atomic E-state index is 12.1. The highest BCUT2D eigenvalue weighted by Crippen LogP contribution is 2.23. The first-order valence-corrected chi connectivity index (χ1v) is 8.78. The number of nitrogens with one attached hydrogen (secondary N) is 1. The summed E-state index contributed by atoms with van der Waals surface area (Å²) in [4.78, 5) is 23.3. The molecule has 1 rings (SSSR count). The lowest BCUT2D eigenvalue weighted by molar-refractivity contribution is -0.274. The fraction of sp³-hybridized carbons (Fsp3) is 0.429. The molecule has 0 aliphatic carbocycles. The first-order chi connectivity index (χ1) is 11.9. The second-order valence-corrected chi connectivity index (χ2v) is 6.82. The third-order valence-corrected chi connectivity index (χ3v) is 4.37. The van der Waals surface area contributed by atoms with Crippen LogP contribution in [-0.4, -0.2) is 56.3 Å². The Balaban J connectivity index is 2.76. The number of ether oxygens (including phenoxy) is 1. The fourth-order valence-electron chi connectivity index (χ4n) is 1.90. The van der Waals surface area contributed by atoms with Crippen molar-refractivity contribution in [3.63, 3.8) is 0 Å². The molecule has 0 bridgehead atoms. The average Bonchev–Trinajstić information content (AvgIpc) is 2.51. The van der Waals surface area contributed by atoms with Crippen LogP contribution in [0.4, 0.5) is 13.2 Å². The molecule has 0 aliphatic rings. The average molecular weight is 398 g/mol. The van der Waals surface area contributed by atoms with Crippen LogP contribution in [0.3, 0.4) is 0 Å². The normalized spacial score (nSPS) is 11.8. The molecule has 0 unspecified atom stereocenters. The van der Waals surface area contributed by atoms with Gasteiger partial charge in [0.15, 0.2) is 0 Å². The van der Waals surface area contributed by atoms with Gasteiger partial charge in [0.2, 0.25) is 15.9 Å². The first-order valence-electron chi connectivity index (χ1n) is 7.29. The number of sulfonamides is 1. The van der Waals surface area contributed by atoms with Crippen LogP contribution in [-0.2, 0) is 19.6 Å². The number of carboxylic acids is 1. The first kappa shape index (κ1) is 21.7. The molecule has 0 aliphatic heterocycles. The van der Waals surface area contributed by atoms with Crippen LogP contribution >= 0.6 is 0 Å². The van der Waals surface area contributed by atoms with Gasteiger partial charge in [0.25, 0.3) is 0 Å². The lowest BCUT2D eigenvalue weighted by atomic mass is 10.3. The van der Waals surface area contributed by atoms with Crippen LogP contribution in [0.5, 0.6) is 5.75 Å². The van der Waals surface area contributed by atoms with E-state index in [0.717, 1.165) is 29.2 Å². The molecule has 0 saturated heterocycles. The van der Waals surface area contributed by atoms with E-state index in [1.807, 2.05) is 4.72 Å². The highest BCUT2D eigenvalue weighted by atomic mass is 32.2. The van der Waals surface area contributed by atoms with Crippen LogP contribution in [0.1, 0.15) is 13.3 Å². The van der Waals surface area contributed by atoms with Gasteiger partial charge in [0, 0.05) is 6.54 Å². The van der Waals surface area contributed by atoms with Crippen LogP contribution in [0.15, 0.2) is 29.2 Å². The Labute approximate surface area is 147 Å². The molecule has 0 spiro atoms. The smallest absolute Gasteiger partial charge is 0.480 e. The Hall–Kier alpha value is -2.34. The van der Waals surface area contributed by atoms with Crippen molar-refractivity contribution in [3.05, 3.63) is 24.3 Å². The predicted octanol–water partition coefficient (Wildman–Crippen LogP) is 1.19. The summed E-state index contributed by atoms with van der Waals surface area (Å²) in [6.07, 6.45) is -4.43. The van der Waals surface area contributed by atoms with E-state index < -0.39 is 47.1 Å². The number of hydrogen-bond donors (Lipinski definition) is 2. The number of carbonyl (C=O) groups excluding carboxylic acids is 1. The third kappa shape index (κ3) is 7.27. The van der Waals surface area contributed by atoms with Crippen molar-refractivity contribution >= 4 is 21.9 Å². The number of hydrogen-bond acceptors (Lipinski definition) is 5. The SMILES string of the molecule is CCCN(CC(=O)O)C(=O)CNS(=O)(=O)c1ccc(OC(F)(F)F)cc1. The van der Waals surface area contributed by atoms with Crippen molar-refractivity contribution in [1.29, 1.82) is 0 Å². The zero-order chi connectivity index (χ0) is 20.0. The van der Waals surface area contributed by atoms with E-state index in [9.17, 15) is 31.2 Å². The van der Waals surface area contributed by atoms with E-state index in [4.69, 9.17) is 5.11 Å². The van der Waals surface area contributed by atoms with Gasteiger partial charge >= 0.3 is 12.3 Å². The van der Waals surface area contributed by atoms with Crippen molar-refractivity contribution in [3.8, 4) is 5.75 Å². The number of benzene rings is 1. The topological polar surface area (TPSA) is 113 Å². The molecule has 0 saturated carbocycles. The summed E-state index contributed by atoms with van der Waals surface area (Å²) in [6, 6.07) is 3.40. The molecule has 146 valence electrons. The molecule has 0 aromatic heterocycles. The molecule has 0 radical (unpaired) electrons. The summed E-state index contributed by atoms with van der Waals surface area (Å²) in [7, 11) is -4.17. The van der Waals surface area contributed by atoms with Gasteiger partial charge in [0.1, 0.15) is 12.3 Å². The Kier molecular flexibility index (Phi) is 7.39. The second-order valence-electron chi connectivity index (χ2n) is 5.05. The van der Waals surface area contributed by atoms with E-state index in [1.165, 1.54) is 0 Å². The zero-order valence-electron chi connectivity index (χ0n) is 13.6. The number of amides is 1. The van der Waals surface area contributed by atoms with Crippen LogP contribution in [0.25, 0.3) is 0 Å². The minimum atomic E-state index is -4.90. The number of aliphatic carboxylic acids is 1. The predicted molar refractivity (Wildman–Crippen MR) is 82.8 cm³/mol. The van der Waals surface area contributed by atoms with Crippen LogP contribution in [0.2, 0.25) is 0 Å². The van der Waals surface area contributed by atoms with Gasteiger partial charge in [-0.05, 0) is 30.7 Å². The molecular formula is C14H17F3N2O6S. The Bertz CT molecular complexity index is 734. The van der Waals surface area contributed by atoms with Crippen molar-refractivity contribution < 1.29 is 41.0 Å². The van der Waals surface area contributed by atoms with Gasteiger partial charge < -0.3 is 14.7 Å². The summed E-state index contributed by atoms with van der Waals surface area (Å²) in [5.74, 6) is -2.58. The highest BCUT2D eigenvalue weighted by Gasteiger charge is 2.31. The molecule has 12 heteroatoms. The summed E-state index contributed by atoms with van der Waals surface area (Å²) < 4.78 is 66.0. The molecule has 2 N–H and O–H groups in total. The summed E-state index contributed by atoms with van der Waals surface area (Å²) >= 11 is 0. The van der Waals surface area contributed by atoms with Crippen molar-refractivity contribution in [2.24, 2.45) is 0 Å². The van der Waals surface area contributed by atoms with Crippen LogP contribution < -0.4 is 9.46 Å². The van der Waals surface area contributed by atoms with Crippen molar-refractivity contribution in [2.75, 3.05) is 19.6 Å². The summed E-state index contributed by atoms with van der Waals surface area (Å²) in [6.45, 7) is 0.599. The highest BCUT2D eigenvalue weighted by molar-refractivity contribution is 7.89. The summed E-state index contributed by atoms with van der Waals surface area (Å²) in [5, 5.41) is 8.75. The van der Waals surface area contributed by atoms with Gasteiger partial charge in [-0.25, -0.2) is 13.1 Å². The van der Waals surface area contributed by atoms with Crippen molar-refractivity contribution in [1.82, 2.24) is 9.62 Å². The molecule has 8 nitrogen and oxygen atoms in total. The number of carboxylic acid groups (broad SMARTS) is 1. The van der Waals surface area contributed by atoms with Gasteiger partial charge in [-0.2, -0.15) is 0 Å². The monoisotopic (exact) mass is 398 g/mol. The molecule has 1 amide bonds. The number of nitrogens with zero attached hydrogens (tertiary/aromatic N) is 1. The molecule has 0 atom stereocenters. The fourth-order valence-corrected chi connectivity index (χ4v) is 2.87. The minimum absolute atomic E-state index is 0.135. The standard InChI is InChI=1S/C14H17F3N2O6S/c1-2-7-19(9-13(21)22)12(20)8-18-26(23,24)11-5-3-10(4-6-11)25-14(15,16)17/h3-6,18H,2,7-9H2,1H3,(H,21,22). The van der Waals surface area contributed by atoms with Gasteiger partial charge in [-0.15, -0.1) is 13.2 Å². The molecule has 1 aromatic rings. The van der Waals surface area contributed by atoms with E-state index in [1.54, 1.807) is 6.92 Å². The molecule has 0 fully saturated rings. The Morgan fingerprint density at radius 1 is 1.23 bits per heavy atom. The number of halogens is 3. The van der Waals surface area contributed by atoms with Crippen molar-refractivity contribution in [2.45, 2.75) is 24.6 Å². The molecule has 1 aromatic carbocycles. The van der Waals surface area contributed by atoms with Gasteiger partial charge in [-0.1, -0.05) is 6.92 Å². The molecular weight excluding hydrogens is 381 g/mol. The summed E-state index contributed by atoms with van der Waals surface area (Å²) in [5.41, 5.74) is 0.